The van der Waals surface area contributed by atoms with Gasteiger partial charge in [0.15, 0.2) is 11.2 Å². The molecule has 0 saturated heterocycles. The Morgan fingerprint density at radius 2 is 1.97 bits per heavy atom. The van der Waals surface area contributed by atoms with Gasteiger partial charge in [-0.15, -0.1) is 0 Å². The van der Waals surface area contributed by atoms with E-state index in [1.54, 1.807) is 60.8 Å². The maximum atomic E-state index is 12.6. The number of anilines is 1. The van der Waals surface area contributed by atoms with E-state index in [0.717, 1.165) is 5.75 Å². The number of carbonyl (C=O) groups excluding carboxylic acids is 1. The molecule has 0 spiro atoms. The third-order valence-corrected chi connectivity index (χ3v) is 4.65. The molecule has 0 saturated carbocycles. The average molecular weight is 422 g/mol. The summed E-state index contributed by atoms with van der Waals surface area (Å²) in [5, 5.41) is 3.34. The van der Waals surface area contributed by atoms with Gasteiger partial charge < -0.3 is 14.5 Å². The van der Waals surface area contributed by atoms with Gasteiger partial charge in [0.25, 0.3) is 5.91 Å². The fourth-order valence-electron chi connectivity index (χ4n) is 2.82. The van der Waals surface area contributed by atoms with Crippen LogP contribution in [-0.2, 0) is 0 Å². The van der Waals surface area contributed by atoms with E-state index < -0.39 is 0 Å². The maximum Gasteiger partial charge on any atom is 0.255 e. The standard InChI is InChI=1S/C23H20ClN3O3/c1-14(2)13-29-17-8-5-15(6-9-17)22(28)26-16-7-10-19(24)18(12-16)23-27-21-20(30-23)4-3-11-25-21/h3-12,14H,13H2,1-2H3,(H,26,28). The van der Waals surface area contributed by atoms with Crippen molar-refractivity contribution in [3.8, 4) is 17.2 Å². The third kappa shape index (κ3) is 4.44. The molecular formula is C23H20ClN3O3. The second kappa shape index (κ2) is 8.55. The number of nitrogens with zero attached hydrogens (tertiary/aromatic N) is 2. The molecule has 1 amide bonds. The normalized spacial score (nSPS) is 11.1. The largest absolute Gasteiger partial charge is 0.493 e. The number of carbonyl (C=O) groups is 1. The molecule has 30 heavy (non-hydrogen) atoms. The van der Waals surface area contributed by atoms with Crippen molar-refractivity contribution in [3.05, 3.63) is 71.4 Å². The van der Waals surface area contributed by atoms with E-state index in [9.17, 15) is 4.79 Å². The van der Waals surface area contributed by atoms with Gasteiger partial charge in [-0.25, -0.2) is 4.98 Å². The number of ether oxygens (including phenoxy) is 1. The Kier molecular flexibility index (Phi) is 5.68. The number of aromatic nitrogens is 2. The molecule has 0 aliphatic carbocycles. The van der Waals surface area contributed by atoms with Crippen molar-refractivity contribution in [1.29, 1.82) is 0 Å². The summed E-state index contributed by atoms with van der Waals surface area (Å²) in [7, 11) is 0. The Balaban J connectivity index is 1.52. The zero-order valence-corrected chi connectivity index (χ0v) is 17.3. The summed E-state index contributed by atoms with van der Waals surface area (Å²) in [6, 6.07) is 15.7. The van der Waals surface area contributed by atoms with E-state index in [2.05, 4.69) is 29.1 Å². The third-order valence-electron chi connectivity index (χ3n) is 4.32. The van der Waals surface area contributed by atoms with Gasteiger partial charge in [-0.05, 0) is 60.5 Å². The summed E-state index contributed by atoms with van der Waals surface area (Å²) in [5.41, 5.74) is 2.74. The molecule has 1 N–H and O–H groups in total. The Labute approximate surface area is 178 Å². The second-order valence-electron chi connectivity index (χ2n) is 7.22. The van der Waals surface area contributed by atoms with Crippen molar-refractivity contribution < 1.29 is 13.9 Å². The number of nitrogens with one attached hydrogen (secondary N) is 1. The first kappa shape index (κ1) is 19.9. The number of benzene rings is 2. The number of amides is 1. The molecule has 0 unspecified atom stereocenters. The van der Waals surface area contributed by atoms with Crippen molar-refractivity contribution in [3.63, 3.8) is 0 Å². The first-order valence-corrected chi connectivity index (χ1v) is 9.93. The van der Waals surface area contributed by atoms with E-state index in [0.29, 0.717) is 51.5 Å². The lowest BCUT2D eigenvalue weighted by molar-refractivity contribution is 0.102. The topological polar surface area (TPSA) is 77.2 Å². The van der Waals surface area contributed by atoms with Crippen LogP contribution in [0.5, 0.6) is 5.75 Å². The van der Waals surface area contributed by atoms with Crippen molar-refractivity contribution in [2.24, 2.45) is 5.92 Å². The molecule has 2 heterocycles. The molecule has 2 aromatic carbocycles. The van der Waals surface area contributed by atoms with Crippen molar-refractivity contribution in [2.45, 2.75) is 13.8 Å². The SMILES string of the molecule is CC(C)COc1ccc(C(=O)Nc2ccc(Cl)c(-c3nc4ncccc4o3)c2)cc1. The molecule has 4 aromatic rings. The molecule has 4 rings (SSSR count). The molecule has 152 valence electrons. The van der Waals surface area contributed by atoms with E-state index in [-0.39, 0.29) is 5.91 Å². The molecule has 2 aromatic heterocycles. The minimum atomic E-state index is -0.238. The lowest BCUT2D eigenvalue weighted by Crippen LogP contribution is -2.12. The molecule has 0 bridgehead atoms. The van der Waals surface area contributed by atoms with Crippen molar-refractivity contribution in [2.75, 3.05) is 11.9 Å². The Bertz CT molecular complexity index is 1150. The van der Waals surface area contributed by atoms with Crippen molar-refractivity contribution in [1.82, 2.24) is 9.97 Å². The van der Waals surface area contributed by atoms with Gasteiger partial charge in [0.2, 0.25) is 5.89 Å². The van der Waals surface area contributed by atoms with Crippen LogP contribution >= 0.6 is 11.6 Å². The average Bonchev–Trinajstić information content (AvgIpc) is 3.18. The molecular weight excluding hydrogens is 402 g/mol. The summed E-state index contributed by atoms with van der Waals surface area (Å²) in [4.78, 5) is 21.2. The van der Waals surface area contributed by atoms with E-state index in [1.807, 2.05) is 0 Å². The monoisotopic (exact) mass is 421 g/mol. The van der Waals surface area contributed by atoms with Crippen LogP contribution in [0.15, 0.2) is 65.2 Å². The molecule has 0 radical (unpaired) electrons. The number of rotatable bonds is 6. The minimum Gasteiger partial charge on any atom is -0.493 e. The Morgan fingerprint density at radius 1 is 1.17 bits per heavy atom. The zero-order chi connectivity index (χ0) is 21.1. The van der Waals surface area contributed by atoms with Gasteiger partial charge in [-0.1, -0.05) is 25.4 Å². The van der Waals surface area contributed by atoms with Gasteiger partial charge in [0, 0.05) is 17.4 Å². The van der Waals surface area contributed by atoms with E-state index >= 15 is 0 Å². The number of oxazole rings is 1. The number of hydrogen-bond donors (Lipinski definition) is 1. The number of hydrogen-bond acceptors (Lipinski definition) is 5. The van der Waals surface area contributed by atoms with Crippen LogP contribution in [-0.4, -0.2) is 22.5 Å². The quantitative estimate of drug-likeness (QED) is 0.423. The lowest BCUT2D eigenvalue weighted by Gasteiger charge is -2.10. The number of pyridine rings is 1. The highest BCUT2D eigenvalue weighted by atomic mass is 35.5. The first-order chi connectivity index (χ1) is 14.5. The smallest absolute Gasteiger partial charge is 0.255 e. The summed E-state index contributed by atoms with van der Waals surface area (Å²) < 4.78 is 11.4. The molecule has 0 aliphatic rings. The summed E-state index contributed by atoms with van der Waals surface area (Å²) >= 11 is 6.33. The Hall–Kier alpha value is -3.38. The van der Waals surface area contributed by atoms with Crippen LogP contribution in [0.2, 0.25) is 5.02 Å². The Morgan fingerprint density at radius 3 is 2.70 bits per heavy atom. The van der Waals surface area contributed by atoms with Crippen LogP contribution in [0.25, 0.3) is 22.7 Å². The highest BCUT2D eigenvalue weighted by molar-refractivity contribution is 6.33. The highest BCUT2D eigenvalue weighted by Crippen LogP contribution is 2.32. The molecule has 7 heteroatoms. The van der Waals surface area contributed by atoms with E-state index in [1.165, 1.54) is 0 Å². The lowest BCUT2D eigenvalue weighted by atomic mass is 10.1. The van der Waals surface area contributed by atoms with Crippen LogP contribution in [0.1, 0.15) is 24.2 Å². The minimum absolute atomic E-state index is 0.238. The zero-order valence-electron chi connectivity index (χ0n) is 16.6. The van der Waals surface area contributed by atoms with Crippen molar-refractivity contribution >= 4 is 34.4 Å². The predicted octanol–water partition coefficient (Wildman–Crippen LogP) is 5.83. The summed E-state index contributed by atoms with van der Waals surface area (Å²) in [6.45, 7) is 4.80. The first-order valence-electron chi connectivity index (χ1n) is 9.55. The second-order valence-corrected chi connectivity index (χ2v) is 7.63. The molecule has 6 nitrogen and oxygen atoms in total. The summed E-state index contributed by atoms with van der Waals surface area (Å²) in [5.74, 6) is 1.28. The predicted molar refractivity (Wildman–Crippen MR) is 117 cm³/mol. The van der Waals surface area contributed by atoms with Crippen LogP contribution < -0.4 is 10.1 Å². The van der Waals surface area contributed by atoms with Gasteiger partial charge >= 0.3 is 0 Å². The fourth-order valence-corrected chi connectivity index (χ4v) is 3.02. The summed E-state index contributed by atoms with van der Waals surface area (Å²) in [6.07, 6.45) is 1.64. The van der Waals surface area contributed by atoms with Gasteiger partial charge in [-0.2, -0.15) is 4.98 Å². The van der Waals surface area contributed by atoms with Crippen LogP contribution in [0.3, 0.4) is 0 Å². The maximum absolute atomic E-state index is 12.6. The van der Waals surface area contributed by atoms with Gasteiger partial charge in [0.05, 0.1) is 17.2 Å². The highest BCUT2D eigenvalue weighted by Gasteiger charge is 2.14. The fraction of sp³-hybridized carbons (Fsp3) is 0.174. The molecule has 0 fully saturated rings. The number of fused-ring (bicyclic) bond motifs is 1. The molecule has 0 atom stereocenters. The van der Waals surface area contributed by atoms with Crippen LogP contribution in [0.4, 0.5) is 5.69 Å². The van der Waals surface area contributed by atoms with E-state index in [4.69, 9.17) is 20.8 Å². The number of halogens is 1. The van der Waals surface area contributed by atoms with Gasteiger partial charge in [-0.3, -0.25) is 4.79 Å². The van der Waals surface area contributed by atoms with Crippen LogP contribution in [0, 0.1) is 5.92 Å². The van der Waals surface area contributed by atoms with Gasteiger partial charge in [0.1, 0.15) is 5.75 Å². The molecule has 0 aliphatic heterocycles.